The molecule has 0 aliphatic heterocycles. The third-order valence-electron chi connectivity index (χ3n) is 5.46. The molecule has 4 rings (SSSR count). The molecular weight excluding hydrogens is 460 g/mol. The zero-order valence-electron chi connectivity index (χ0n) is 18.1. The van der Waals surface area contributed by atoms with Gasteiger partial charge in [0.15, 0.2) is 0 Å². The molecule has 4 aromatic rings. The van der Waals surface area contributed by atoms with Gasteiger partial charge in [-0.2, -0.15) is 5.10 Å². The fourth-order valence-corrected chi connectivity index (χ4v) is 4.59. The summed E-state index contributed by atoms with van der Waals surface area (Å²) in [7, 11) is -4.06. The molecule has 0 aliphatic rings. The maximum atomic E-state index is 12.6. The van der Waals surface area contributed by atoms with Crippen LogP contribution in [0.2, 0.25) is 5.02 Å². The van der Waals surface area contributed by atoms with Crippen LogP contribution in [0.4, 0.5) is 5.69 Å². The van der Waals surface area contributed by atoms with Crippen LogP contribution in [0.1, 0.15) is 29.7 Å². The van der Waals surface area contributed by atoms with Gasteiger partial charge in [-0.25, -0.2) is 13.6 Å². The summed E-state index contributed by atoms with van der Waals surface area (Å²) in [6, 6.07) is 17.9. The molecule has 0 radical (unpaired) electrons. The Morgan fingerprint density at radius 3 is 2.52 bits per heavy atom. The van der Waals surface area contributed by atoms with Gasteiger partial charge in [-0.1, -0.05) is 59.6 Å². The molecule has 0 saturated carbocycles. The second-order valence-corrected chi connectivity index (χ2v) is 9.90. The van der Waals surface area contributed by atoms with Crippen LogP contribution in [0.15, 0.2) is 71.8 Å². The van der Waals surface area contributed by atoms with Gasteiger partial charge in [0.1, 0.15) is 0 Å². The van der Waals surface area contributed by atoms with E-state index in [-0.39, 0.29) is 29.0 Å². The van der Waals surface area contributed by atoms with Crippen molar-refractivity contribution in [3.8, 4) is 0 Å². The van der Waals surface area contributed by atoms with Crippen molar-refractivity contribution in [1.29, 1.82) is 0 Å². The Labute approximate surface area is 197 Å². The Kier molecular flexibility index (Phi) is 6.25. The predicted octanol–water partition coefficient (Wildman–Crippen LogP) is 4.44. The van der Waals surface area contributed by atoms with Crippen molar-refractivity contribution in [2.24, 2.45) is 5.14 Å². The minimum absolute atomic E-state index is 0.0430. The first-order valence-corrected chi connectivity index (χ1v) is 12.2. The number of nitrogens with zero attached hydrogens (tertiary/aromatic N) is 2. The lowest BCUT2D eigenvalue weighted by Crippen LogP contribution is -2.16. The zero-order chi connectivity index (χ0) is 23.8. The quantitative estimate of drug-likeness (QED) is 0.423. The Morgan fingerprint density at radius 2 is 1.85 bits per heavy atom. The summed E-state index contributed by atoms with van der Waals surface area (Å²) in [5.41, 5.74) is 3.54. The molecule has 0 aliphatic carbocycles. The van der Waals surface area contributed by atoms with Crippen LogP contribution in [0.25, 0.3) is 10.9 Å². The van der Waals surface area contributed by atoms with Gasteiger partial charge < -0.3 is 5.32 Å². The zero-order valence-corrected chi connectivity index (χ0v) is 19.7. The van der Waals surface area contributed by atoms with E-state index in [9.17, 15) is 13.2 Å². The molecule has 0 spiro atoms. The van der Waals surface area contributed by atoms with Crippen molar-refractivity contribution in [3.05, 3.63) is 88.6 Å². The highest BCUT2D eigenvalue weighted by molar-refractivity contribution is 7.89. The van der Waals surface area contributed by atoms with Crippen molar-refractivity contribution >= 4 is 44.1 Å². The van der Waals surface area contributed by atoms with Crippen LogP contribution in [0.3, 0.4) is 0 Å². The van der Waals surface area contributed by atoms with Crippen molar-refractivity contribution in [1.82, 2.24) is 9.78 Å². The summed E-state index contributed by atoms with van der Waals surface area (Å²) < 4.78 is 26.3. The lowest BCUT2D eigenvalue weighted by Gasteiger charge is -2.12. The molecule has 3 aromatic carbocycles. The molecule has 0 saturated heterocycles. The number of aryl methyl sites for hydroxylation is 1. The molecule has 1 unspecified atom stereocenters. The van der Waals surface area contributed by atoms with Crippen LogP contribution in [0.5, 0.6) is 0 Å². The van der Waals surface area contributed by atoms with E-state index >= 15 is 0 Å². The van der Waals surface area contributed by atoms with Crippen LogP contribution < -0.4 is 10.5 Å². The maximum Gasteiger partial charge on any atom is 0.238 e. The largest absolute Gasteiger partial charge is 0.326 e. The SMILES string of the molecule is Cc1ccc(C(C)n2cc3c(S(N)(=O)=O)cc(NC(=O)Cc4ccccc4Cl)cc3n2)cc1. The summed E-state index contributed by atoms with van der Waals surface area (Å²) in [4.78, 5) is 12.5. The monoisotopic (exact) mass is 482 g/mol. The van der Waals surface area contributed by atoms with Gasteiger partial charge >= 0.3 is 0 Å². The van der Waals surface area contributed by atoms with Gasteiger partial charge in [-0.3, -0.25) is 9.48 Å². The summed E-state index contributed by atoms with van der Waals surface area (Å²) in [5, 5.41) is 13.7. The number of sulfonamides is 1. The number of amides is 1. The average molecular weight is 483 g/mol. The number of halogens is 1. The number of nitrogens with two attached hydrogens (primary N) is 1. The number of anilines is 1. The third kappa shape index (κ3) is 5.08. The molecule has 1 heterocycles. The molecule has 0 bridgehead atoms. The second kappa shape index (κ2) is 8.97. The van der Waals surface area contributed by atoms with Gasteiger partial charge in [0.2, 0.25) is 15.9 Å². The number of primary sulfonamides is 1. The molecule has 0 fully saturated rings. The first-order valence-electron chi connectivity index (χ1n) is 10.3. The van der Waals surface area contributed by atoms with Crippen molar-refractivity contribution in [3.63, 3.8) is 0 Å². The van der Waals surface area contributed by atoms with E-state index in [1.165, 1.54) is 6.07 Å². The Morgan fingerprint density at radius 1 is 1.15 bits per heavy atom. The Bertz CT molecular complexity index is 1450. The van der Waals surface area contributed by atoms with Gasteiger partial charge in [-0.05, 0) is 43.2 Å². The molecule has 9 heteroatoms. The fraction of sp³-hybridized carbons (Fsp3) is 0.167. The number of aromatic nitrogens is 2. The lowest BCUT2D eigenvalue weighted by molar-refractivity contribution is -0.115. The molecule has 1 atom stereocenters. The smallest absolute Gasteiger partial charge is 0.238 e. The van der Waals surface area contributed by atoms with Gasteiger partial charge in [0, 0.05) is 22.3 Å². The topological polar surface area (TPSA) is 107 Å². The Balaban J connectivity index is 1.69. The van der Waals surface area contributed by atoms with Gasteiger partial charge in [0.05, 0.1) is 22.9 Å². The first-order chi connectivity index (χ1) is 15.6. The van der Waals surface area contributed by atoms with E-state index in [0.717, 1.165) is 11.1 Å². The van der Waals surface area contributed by atoms with Gasteiger partial charge in [0.25, 0.3) is 0 Å². The number of fused-ring (bicyclic) bond motifs is 1. The summed E-state index contributed by atoms with van der Waals surface area (Å²) in [6.07, 6.45) is 1.70. The van der Waals surface area contributed by atoms with Crippen LogP contribution >= 0.6 is 11.6 Å². The normalized spacial score (nSPS) is 12.6. The molecule has 170 valence electrons. The number of rotatable bonds is 6. The van der Waals surface area contributed by atoms with Crippen LogP contribution in [-0.2, 0) is 21.2 Å². The molecule has 1 amide bonds. The fourth-order valence-electron chi connectivity index (χ4n) is 3.63. The number of benzene rings is 3. The molecule has 33 heavy (non-hydrogen) atoms. The maximum absolute atomic E-state index is 12.6. The number of carbonyl (C=O) groups excluding carboxylic acids is 1. The number of hydrogen-bond donors (Lipinski definition) is 2. The standard InChI is InChI=1S/C24H23ClN4O3S/c1-15-7-9-17(10-8-15)16(2)29-14-20-22(28-29)12-19(13-23(20)33(26,31)32)27-24(30)11-18-5-3-4-6-21(18)25/h3-10,12-14,16H,11H2,1-2H3,(H,27,30)(H2,26,31,32). The van der Waals surface area contributed by atoms with Gasteiger partial charge in [-0.15, -0.1) is 0 Å². The highest BCUT2D eigenvalue weighted by atomic mass is 35.5. The van der Waals surface area contributed by atoms with E-state index in [1.54, 1.807) is 41.2 Å². The molecule has 7 nitrogen and oxygen atoms in total. The van der Waals surface area contributed by atoms with E-state index in [1.807, 2.05) is 38.1 Å². The highest BCUT2D eigenvalue weighted by Crippen LogP contribution is 2.29. The second-order valence-electron chi connectivity index (χ2n) is 7.96. The summed E-state index contributed by atoms with van der Waals surface area (Å²) in [5.74, 6) is -0.338. The van der Waals surface area contributed by atoms with E-state index in [0.29, 0.717) is 21.5 Å². The Hall–Kier alpha value is -3.20. The molecule has 1 aromatic heterocycles. The summed E-state index contributed by atoms with van der Waals surface area (Å²) in [6.45, 7) is 3.98. The van der Waals surface area contributed by atoms with Crippen molar-refractivity contribution in [2.45, 2.75) is 31.2 Å². The van der Waals surface area contributed by atoms with Crippen molar-refractivity contribution in [2.75, 3.05) is 5.32 Å². The van der Waals surface area contributed by atoms with E-state index in [4.69, 9.17) is 16.7 Å². The predicted molar refractivity (Wildman–Crippen MR) is 130 cm³/mol. The average Bonchev–Trinajstić information content (AvgIpc) is 3.18. The molecule has 3 N–H and O–H groups in total. The number of carbonyl (C=O) groups is 1. The van der Waals surface area contributed by atoms with Crippen LogP contribution in [-0.4, -0.2) is 24.1 Å². The lowest BCUT2D eigenvalue weighted by atomic mass is 10.1. The van der Waals surface area contributed by atoms with Crippen LogP contribution in [0, 0.1) is 6.92 Å². The summed E-state index contributed by atoms with van der Waals surface area (Å²) >= 11 is 6.14. The minimum atomic E-state index is -4.06. The molecular formula is C24H23ClN4O3S. The number of nitrogens with one attached hydrogen (secondary N) is 1. The van der Waals surface area contributed by atoms with Crippen molar-refractivity contribution < 1.29 is 13.2 Å². The first kappa shape index (κ1) is 23.0. The van der Waals surface area contributed by atoms with E-state index < -0.39 is 10.0 Å². The minimum Gasteiger partial charge on any atom is -0.326 e. The highest BCUT2D eigenvalue weighted by Gasteiger charge is 2.20. The van der Waals surface area contributed by atoms with E-state index in [2.05, 4.69) is 10.4 Å². The number of hydrogen-bond acceptors (Lipinski definition) is 4. The third-order valence-corrected chi connectivity index (χ3v) is 6.78.